The van der Waals surface area contributed by atoms with E-state index in [9.17, 15) is 10.2 Å². The quantitative estimate of drug-likeness (QED) is 0.151. The molecule has 1 rings (SSSR count). The van der Waals surface area contributed by atoms with Gasteiger partial charge in [-0.3, -0.25) is 5.11 Å². The van der Waals surface area contributed by atoms with Crippen LogP contribution in [-0.2, 0) is 5.11 Å². The van der Waals surface area contributed by atoms with Gasteiger partial charge in [-0.05, 0) is 12.8 Å². The summed E-state index contributed by atoms with van der Waals surface area (Å²) < 4.78 is 11.3. The molecule has 0 fully saturated rings. The fourth-order valence-electron chi connectivity index (χ4n) is 4.30. The third-order valence-corrected chi connectivity index (χ3v) is 6.54. The van der Waals surface area contributed by atoms with E-state index in [1.54, 1.807) is 0 Å². The van der Waals surface area contributed by atoms with E-state index >= 15 is 0 Å². The maximum absolute atomic E-state index is 12.3. The van der Waals surface area contributed by atoms with Crippen LogP contribution in [0.25, 0.3) is 0 Å². The van der Waals surface area contributed by atoms with Crippen LogP contribution in [-0.4, -0.2) is 18.3 Å². The Morgan fingerprint density at radius 2 is 0.882 bits per heavy atom. The second-order valence-corrected chi connectivity index (χ2v) is 9.83. The fourth-order valence-corrected chi connectivity index (χ4v) is 4.30. The maximum Gasteiger partial charge on any atom is 0.224 e. The van der Waals surface area contributed by atoms with Gasteiger partial charge in [0, 0.05) is 12.1 Å². The zero-order chi connectivity index (χ0) is 24.7. The molecule has 0 atom stereocenters. The molecule has 197 valence electrons. The van der Waals surface area contributed by atoms with Crippen LogP contribution in [0.5, 0.6) is 23.0 Å². The molecule has 0 heterocycles. The number of hydrogen-bond donors (Lipinski definition) is 1. The number of phenolic OH excluding ortho intramolecular Hbond substituents is 1. The van der Waals surface area contributed by atoms with Gasteiger partial charge in [-0.25, -0.2) is 0 Å². The van der Waals surface area contributed by atoms with Gasteiger partial charge in [-0.15, -0.1) is 0 Å². The first-order valence-corrected chi connectivity index (χ1v) is 14.5. The maximum atomic E-state index is 12.3. The predicted octanol–water partition coefficient (Wildman–Crippen LogP) is 10.1. The summed E-state index contributed by atoms with van der Waals surface area (Å²) in [4.78, 5) is 0. The SMILES string of the molecule is CCCCCCCCCCCCOc1cc(O)c(OCCCCCCCCCCCC)cc1[O]. The van der Waals surface area contributed by atoms with Crippen molar-refractivity contribution in [2.45, 2.75) is 142 Å². The fraction of sp³-hybridized carbons (Fsp3) is 0.800. The normalized spacial score (nSPS) is 11.1. The largest absolute Gasteiger partial charge is 0.504 e. The van der Waals surface area contributed by atoms with E-state index < -0.39 is 0 Å². The molecule has 0 aliphatic carbocycles. The van der Waals surface area contributed by atoms with Gasteiger partial charge >= 0.3 is 0 Å². The van der Waals surface area contributed by atoms with Crippen LogP contribution in [0.4, 0.5) is 0 Å². The highest BCUT2D eigenvalue weighted by molar-refractivity contribution is 5.52. The lowest BCUT2D eigenvalue weighted by molar-refractivity contribution is 0.257. The molecule has 0 saturated carbocycles. The highest BCUT2D eigenvalue weighted by Gasteiger charge is 2.12. The topological polar surface area (TPSA) is 58.6 Å². The van der Waals surface area contributed by atoms with Gasteiger partial charge in [0.2, 0.25) is 5.75 Å². The van der Waals surface area contributed by atoms with Crippen LogP contribution in [0.1, 0.15) is 142 Å². The second-order valence-electron chi connectivity index (χ2n) is 9.83. The number of hydrogen-bond acceptors (Lipinski definition) is 3. The van der Waals surface area contributed by atoms with Crippen LogP contribution in [0, 0.1) is 0 Å². The van der Waals surface area contributed by atoms with Crippen molar-refractivity contribution in [3.05, 3.63) is 12.1 Å². The van der Waals surface area contributed by atoms with Crippen molar-refractivity contribution in [1.82, 2.24) is 0 Å². The molecule has 0 aliphatic heterocycles. The van der Waals surface area contributed by atoms with Crippen LogP contribution in [0.15, 0.2) is 12.1 Å². The van der Waals surface area contributed by atoms with Crippen molar-refractivity contribution >= 4 is 0 Å². The summed E-state index contributed by atoms with van der Waals surface area (Å²) >= 11 is 0. The number of unbranched alkanes of at least 4 members (excludes halogenated alkanes) is 18. The van der Waals surface area contributed by atoms with E-state index in [-0.39, 0.29) is 23.0 Å². The summed E-state index contributed by atoms with van der Waals surface area (Å²) in [6, 6.07) is 2.77. The van der Waals surface area contributed by atoms with E-state index in [0.29, 0.717) is 13.2 Å². The predicted molar refractivity (Wildman–Crippen MR) is 143 cm³/mol. The molecular formula is C30H53O4. The highest BCUT2D eigenvalue weighted by atomic mass is 16.5. The summed E-state index contributed by atoms with van der Waals surface area (Å²) in [7, 11) is 0. The van der Waals surface area contributed by atoms with Crippen molar-refractivity contribution in [3.63, 3.8) is 0 Å². The average molecular weight is 478 g/mol. The Morgan fingerprint density at radius 1 is 0.529 bits per heavy atom. The van der Waals surface area contributed by atoms with Crippen molar-refractivity contribution in [3.8, 4) is 23.0 Å². The number of rotatable bonds is 24. The molecular weight excluding hydrogens is 424 g/mol. The van der Waals surface area contributed by atoms with E-state index in [4.69, 9.17) is 9.47 Å². The van der Waals surface area contributed by atoms with E-state index in [1.165, 1.54) is 115 Å². The van der Waals surface area contributed by atoms with E-state index in [1.807, 2.05) is 0 Å². The Labute approximate surface area is 210 Å². The number of phenols is 1. The number of ether oxygens (including phenoxy) is 2. The molecule has 0 saturated heterocycles. The summed E-state index contributed by atoms with van der Waals surface area (Å²) in [6.07, 6.45) is 25.3. The Kier molecular flexibility index (Phi) is 19.6. The van der Waals surface area contributed by atoms with Crippen molar-refractivity contribution in [1.29, 1.82) is 0 Å². The van der Waals surface area contributed by atoms with Gasteiger partial charge in [-0.2, -0.15) is 0 Å². The minimum Gasteiger partial charge on any atom is -0.504 e. The molecule has 1 aromatic carbocycles. The summed E-state index contributed by atoms with van der Waals surface area (Å²) in [5, 5.41) is 22.5. The molecule has 4 nitrogen and oxygen atoms in total. The first-order chi connectivity index (χ1) is 16.7. The molecule has 0 aliphatic rings. The molecule has 0 spiro atoms. The van der Waals surface area contributed by atoms with Gasteiger partial charge in [0.1, 0.15) is 0 Å². The zero-order valence-corrected chi connectivity index (χ0v) is 22.4. The lowest BCUT2D eigenvalue weighted by Crippen LogP contribution is -2.00. The van der Waals surface area contributed by atoms with Gasteiger partial charge in [0.25, 0.3) is 0 Å². The van der Waals surface area contributed by atoms with E-state index in [0.717, 1.165) is 25.7 Å². The smallest absolute Gasteiger partial charge is 0.224 e. The van der Waals surface area contributed by atoms with Crippen molar-refractivity contribution in [2.24, 2.45) is 0 Å². The first-order valence-electron chi connectivity index (χ1n) is 14.5. The molecule has 0 bridgehead atoms. The first kappa shape index (κ1) is 30.5. The number of aromatic hydroxyl groups is 1. The molecule has 1 N–H and O–H groups in total. The molecule has 1 radical (unpaired) electrons. The standard InChI is InChI=1S/C30H53O4/c1-3-5-7-9-11-13-15-17-19-21-23-33-29-25-28(32)30(26-27(29)31)34-24-22-20-18-16-14-12-10-8-6-4-2/h25-26,31H,3-24H2,1-2H3. The van der Waals surface area contributed by atoms with Crippen LogP contribution < -0.4 is 9.47 Å². The van der Waals surface area contributed by atoms with Crippen LogP contribution in [0.3, 0.4) is 0 Å². The lowest BCUT2D eigenvalue weighted by Gasteiger charge is -2.11. The zero-order valence-electron chi connectivity index (χ0n) is 22.4. The molecule has 1 aromatic rings. The monoisotopic (exact) mass is 477 g/mol. The van der Waals surface area contributed by atoms with Gasteiger partial charge in [0.05, 0.1) is 13.2 Å². The van der Waals surface area contributed by atoms with Crippen LogP contribution >= 0.6 is 0 Å². The average Bonchev–Trinajstić information content (AvgIpc) is 2.83. The summed E-state index contributed by atoms with van der Waals surface area (Å²) in [5.41, 5.74) is 0. The molecule has 0 unspecified atom stereocenters. The minimum atomic E-state index is -0.219. The Bertz CT molecular complexity index is 536. The van der Waals surface area contributed by atoms with Crippen molar-refractivity contribution in [2.75, 3.05) is 13.2 Å². The van der Waals surface area contributed by atoms with Gasteiger partial charge in [0.15, 0.2) is 17.2 Å². The van der Waals surface area contributed by atoms with E-state index in [2.05, 4.69) is 13.8 Å². The minimum absolute atomic E-state index is 0.00949. The summed E-state index contributed by atoms with van der Waals surface area (Å²) in [6.45, 7) is 5.55. The van der Waals surface area contributed by atoms with Gasteiger partial charge in [-0.1, -0.05) is 129 Å². The Hall–Kier alpha value is -1.58. The van der Waals surface area contributed by atoms with Gasteiger partial charge < -0.3 is 14.6 Å². The second kappa shape index (κ2) is 21.9. The lowest BCUT2D eigenvalue weighted by atomic mass is 10.1. The van der Waals surface area contributed by atoms with Crippen LogP contribution in [0.2, 0.25) is 0 Å². The molecule has 0 amide bonds. The third-order valence-electron chi connectivity index (χ3n) is 6.54. The number of benzene rings is 1. The Balaban J connectivity index is 2.07. The molecule has 4 heteroatoms. The van der Waals surface area contributed by atoms with Crippen molar-refractivity contribution < 1.29 is 19.7 Å². The third kappa shape index (κ3) is 16.1. The summed E-state index contributed by atoms with van der Waals surface area (Å²) in [5.74, 6) is 0.264. The Morgan fingerprint density at radius 3 is 1.29 bits per heavy atom. The molecule has 34 heavy (non-hydrogen) atoms. The highest BCUT2D eigenvalue weighted by Crippen LogP contribution is 2.38. The molecule has 0 aromatic heterocycles.